The van der Waals surface area contributed by atoms with E-state index in [2.05, 4.69) is 0 Å². The summed E-state index contributed by atoms with van der Waals surface area (Å²) in [6, 6.07) is 1.12. The van der Waals surface area contributed by atoms with Crippen molar-refractivity contribution < 1.29 is 28.6 Å². The Hall–Kier alpha value is -2.11. The SMILES string of the molecule is CCCc1cc(F)c(O)c(C(C)=O)c1OCC(=O)OCC. The number of carbonyl (C=O) groups is 2. The molecule has 0 amide bonds. The molecule has 21 heavy (non-hydrogen) atoms. The molecule has 0 radical (unpaired) electrons. The Kier molecular flexibility index (Phi) is 6.14. The predicted molar refractivity (Wildman–Crippen MR) is 74.2 cm³/mol. The molecule has 0 aliphatic rings. The Balaban J connectivity index is 3.21. The lowest BCUT2D eigenvalue weighted by Crippen LogP contribution is -2.17. The number of ketones is 1. The van der Waals surface area contributed by atoms with Gasteiger partial charge in [-0.2, -0.15) is 0 Å². The first kappa shape index (κ1) is 16.9. The molecule has 0 spiro atoms. The molecule has 1 aromatic rings. The molecule has 0 aliphatic heterocycles. The number of ether oxygens (including phenoxy) is 2. The number of phenols is 1. The van der Waals surface area contributed by atoms with Gasteiger partial charge in [0.25, 0.3) is 0 Å². The van der Waals surface area contributed by atoms with Crippen molar-refractivity contribution in [2.45, 2.75) is 33.6 Å². The van der Waals surface area contributed by atoms with Crippen molar-refractivity contribution in [3.05, 3.63) is 23.0 Å². The van der Waals surface area contributed by atoms with Crippen molar-refractivity contribution in [1.29, 1.82) is 0 Å². The molecule has 0 atom stereocenters. The fourth-order valence-corrected chi connectivity index (χ4v) is 1.95. The van der Waals surface area contributed by atoms with Crippen molar-refractivity contribution >= 4 is 11.8 Å². The van der Waals surface area contributed by atoms with Gasteiger partial charge >= 0.3 is 5.97 Å². The van der Waals surface area contributed by atoms with Crippen LogP contribution in [0.5, 0.6) is 11.5 Å². The first-order valence-corrected chi connectivity index (χ1v) is 6.76. The molecule has 0 aromatic heterocycles. The summed E-state index contributed by atoms with van der Waals surface area (Å²) >= 11 is 0. The van der Waals surface area contributed by atoms with Crippen molar-refractivity contribution in [1.82, 2.24) is 0 Å². The minimum Gasteiger partial charge on any atom is -0.504 e. The van der Waals surface area contributed by atoms with Gasteiger partial charge in [0.1, 0.15) is 11.3 Å². The first-order valence-electron chi connectivity index (χ1n) is 6.76. The zero-order valence-electron chi connectivity index (χ0n) is 12.4. The van der Waals surface area contributed by atoms with Crippen LogP contribution < -0.4 is 4.74 Å². The van der Waals surface area contributed by atoms with Crippen LogP contribution in [0.4, 0.5) is 4.39 Å². The minimum absolute atomic E-state index is 0.0382. The third-order valence-corrected chi connectivity index (χ3v) is 2.79. The van der Waals surface area contributed by atoms with E-state index in [1.807, 2.05) is 6.92 Å². The van der Waals surface area contributed by atoms with E-state index in [1.54, 1.807) is 6.92 Å². The highest BCUT2D eigenvalue weighted by Gasteiger charge is 2.23. The molecule has 0 heterocycles. The van der Waals surface area contributed by atoms with Crippen molar-refractivity contribution in [3.63, 3.8) is 0 Å². The van der Waals surface area contributed by atoms with E-state index in [4.69, 9.17) is 9.47 Å². The molecule has 6 heteroatoms. The van der Waals surface area contributed by atoms with Gasteiger partial charge in [0, 0.05) is 0 Å². The first-order chi connectivity index (χ1) is 9.92. The third kappa shape index (κ3) is 4.18. The summed E-state index contributed by atoms with van der Waals surface area (Å²) in [6.07, 6.45) is 1.15. The van der Waals surface area contributed by atoms with Gasteiger partial charge in [0.2, 0.25) is 0 Å². The number of hydrogen-bond acceptors (Lipinski definition) is 5. The maximum absolute atomic E-state index is 13.7. The molecular formula is C15H19FO5. The van der Waals surface area contributed by atoms with E-state index in [1.165, 1.54) is 6.92 Å². The van der Waals surface area contributed by atoms with E-state index in [0.717, 1.165) is 6.07 Å². The quantitative estimate of drug-likeness (QED) is 0.619. The summed E-state index contributed by atoms with van der Waals surface area (Å²) in [7, 11) is 0. The van der Waals surface area contributed by atoms with Crippen molar-refractivity contribution in [2.24, 2.45) is 0 Å². The Bertz CT molecular complexity index is 539. The Labute approximate surface area is 122 Å². The van der Waals surface area contributed by atoms with Crippen LogP contribution in [-0.4, -0.2) is 30.1 Å². The summed E-state index contributed by atoms with van der Waals surface area (Å²) in [6.45, 7) is 4.54. The number of hydrogen-bond donors (Lipinski definition) is 1. The van der Waals surface area contributed by atoms with Crippen molar-refractivity contribution in [3.8, 4) is 11.5 Å². The maximum atomic E-state index is 13.7. The average Bonchev–Trinajstić information content (AvgIpc) is 2.41. The zero-order valence-corrected chi connectivity index (χ0v) is 12.4. The number of carbonyl (C=O) groups excluding carboxylic acids is 2. The van der Waals surface area contributed by atoms with Crippen LogP contribution in [0, 0.1) is 5.82 Å². The predicted octanol–water partition coefficient (Wildman–Crippen LogP) is 2.63. The van der Waals surface area contributed by atoms with Gasteiger partial charge in [0.15, 0.2) is 24.0 Å². The second-order valence-electron chi connectivity index (χ2n) is 4.47. The van der Waals surface area contributed by atoms with Crippen LogP contribution >= 0.6 is 0 Å². The second kappa shape index (κ2) is 7.61. The van der Waals surface area contributed by atoms with Crippen LogP contribution in [-0.2, 0) is 16.0 Å². The third-order valence-electron chi connectivity index (χ3n) is 2.79. The van der Waals surface area contributed by atoms with Crippen LogP contribution in [0.2, 0.25) is 0 Å². The second-order valence-corrected chi connectivity index (χ2v) is 4.47. The highest BCUT2D eigenvalue weighted by Crippen LogP contribution is 2.35. The van der Waals surface area contributed by atoms with Gasteiger partial charge < -0.3 is 14.6 Å². The summed E-state index contributed by atoms with van der Waals surface area (Å²) in [5.74, 6) is -2.74. The average molecular weight is 298 g/mol. The van der Waals surface area contributed by atoms with E-state index >= 15 is 0 Å². The van der Waals surface area contributed by atoms with Crippen LogP contribution in [0.1, 0.15) is 43.1 Å². The number of benzene rings is 1. The number of aromatic hydroxyl groups is 1. The summed E-state index contributed by atoms with van der Waals surface area (Å²) in [5.41, 5.74) is 0.185. The van der Waals surface area contributed by atoms with Crippen molar-refractivity contribution in [2.75, 3.05) is 13.2 Å². The lowest BCUT2D eigenvalue weighted by molar-refractivity contribution is -0.145. The van der Waals surface area contributed by atoms with Crippen LogP contribution in [0.25, 0.3) is 0 Å². The summed E-state index contributed by atoms with van der Waals surface area (Å²) in [4.78, 5) is 23.0. The highest BCUT2D eigenvalue weighted by atomic mass is 19.1. The number of Topliss-reactive ketones (excluding diaryl/α,β-unsaturated/α-hetero) is 1. The lowest BCUT2D eigenvalue weighted by atomic mass is 10.0. The van der Waals surface area contributed by atoms with Gasteiger partial charge in [0.05, 0.1) is 6.61 Å². The topological polar surface area (TPSA) is 72.8 Å². The number of aryl methyl sites for hydroxylation is 1. The van der Waals surface area contributed by atoms with E-state index in [-0.39, 0.29) is 17.9 Å². The van der Waals surface area contributed by atoms with Gasteiger partial charge in [-0.05, 0) is 31.9 Å². The fourth-order valence-electron chi connectivity index (χ4n) is 1.95. The molecular weight excluding hydrogens is 279 g/mol. The minimum atomic E-state index is -0.882. The zero-order chi connectivity index (χ0) is 16.0. The number of rotatable bonds is 7. The number of phenolic OH excluding ortho intramolecular Hbond substituents is 1. The smallest absolute Gasteiger partial charge is 0.344 e. The maximum Gasteiger partial charge on any atom is 0.344 e. The number of halogens is 1. The Morgan fingerprint density at radius 3 is 2.52 bits per heavy atom. The number of esters is 1. The van der Waals surface area contributed by atoms with E-state index in [0.29, 0.717) is 18.4 Å². The molecule has 0 aliphatic carbocycles. The van der Waals surface area contributed by atoms with Gasteiger partial charge in [-0.1, -0.05) is 13.3 Å². The van der Waals surface area contributed by atoms with E-state index < -0.39 is 29.9 Å². The van der Waals surface area contributed by atoms with Gasteiger partial charge in [-0.25, -0.2) is 9.18 Å². The molecule has 0 unspecified atom stereocenters. The standard InChI is InChI=1S/C15H19FO5/c1-4-6-10-7-11(16)14(19)13(9(3)17)15(10)21-8-12(18)20-5-2/h7,19H,4-6,8H2,1-3H3. The molecule has 0 saturated heterocycles. The Morgan fingerprint density at radius 2 is 2.00 bits per heavy atom. The highest BCUT2D eigenvalue weighted by molar-refractivity contribution is 6.00. The molecule has 0 fully saturated rings. The monoisotopic (exact) mass is 298 g/mol. The molecule has 1 aromatic carbocycles. The van der Waals surface area contributed by atoms with E-state index in [9.17, 15) is 19.1 Å². The van der Waals surface area contributed by atoms with Gasteiger partial charge in [-0.3, -0.25) is 4.79 Å². The molecule has 1 rings (SSSR count). The van der Waals surface area contributed by atoms with Crippen LogP contribution in [0.15, 0.2) is 6.07 Å². The summed E-state index contributed by atoms with van der Waals surface area (Å²) in [5, 5.41) is 9.72. The molecule has 1 N–H and O–H groups in total. The molecule has 0 bridgehead atoms. The summed E-state index contributed by atoms with van der Waals surface area (Å²) < 4.78 is 23.7. The lowest BCUT2D eigenvalue weighted by Gasteiger charge is -2.15. The largest absolute Gasteiger partial charge is 0.504 e. The fraction of sp³-hybridized carbons (Fsp3) is 0.467. The molecule has 5 nitrogen and oxygen atoms in total. The van der Waals surface area contributed by atoms with Gasteiger partial charge in [-0.15, -0.1) is 0 Å². The Morgan fingerprint density at radius 1 is 1.33 bits per heavy atom. The molecule has 0 saturated carbocycles. The molecule has 116 valence electrons. The normalized spacial score (nSPS) is 10.3. The van der Waals surface area contributed by atoms with Crippen LogP contribution in [0.3, 0.4) is 0 Å².